The number of hydrogen-bond donors (Lipinski definition) is 1. The van der Waals surface area contributed by atoms with Crippen molar-refractivity contribution in [1.29, 1.82) is 0 Å². The van der Waals surface area contributed by atoms with Crippen molar-refractivity contribution in [2.24, 2.45) is 5.92 Å². The molecule has 2 heterocycles. The Morgan fingerprint density at radius 2 is 2.24 bits per heavy atom. The van der Waals surface area contributed by atoms with E-state index in [0.29, 0.717) is 5.92 Å². The smallest absolute Gasteiger partial charge is 0.138 e. The first-order chi connectivity index (χ1) is 8.22. The number of rotatable bonds is 5. The maximum Gasteiger partial charge on any atom is 0.138 e. The van der Waals surface area contributed by atoms with Crippen LogP contribution in [-0.4, -0.2) is 22.2 Å². The molecule has 92 valence electrons. The lowest BCUT2D eigenvalue weighted by molar-refractivity contribution is 0.744. The lowest BCUT2D eigenvalue weighted by atomic mass is 10.3. The Bertz CT molecular complexity index is 490. The molecule has 2 aromatic rings. The molecule has 0 aromatic carbocycles. The first-order valence-corrected chi connectivity index (χ1v) is 6.94. The van der Waals surface area contributed by atoms with Gasteiger partial charge >= 0.3 is 0 Å². The molecule has 0 saturated carbocycles. The molecular weight excluding hydrogens is 230 g/mol. The average Bonchev–Trinajstić information content (AvgIpc) is 2.66. The molecule has 4 heteroatoms. The highest BCUT2D eigenvalue weighted by molar-refractivity contribution is 7.99. The van der Waals surface area contributed by atoms with Crippen LogP contribution in [0, 0.1) is 5.92 Å². The average molecular weight is 249 g/mol. The molecule has 17 heavy (non-hydrogen) atoms. The summed E-state index contributed by atoms with van der Waals surface area (Å²) >= 11 is 1.85. The fourth-order valence-electron chi connectivity index (χ4n) is 1.71. The topological polar surface area (TPSA) is 29.3 Å². The Hall–Kier alpha value is -1.00. The van der Waals surface area contributed by atoms with Gasteiger partial charge < -0.3 is 9.72 Å². The summed E-state index contributed by atoms with van der Waals surface area (Å²) in [5.41, 5.74) is 2.29. The van der Waals surface area contributed by atoms with Crippen molar-refractivity contribution >= 4 is 17.4 Å². The Balaban J connectivity index is 2.35. The van der Waals surface area contributed by atoms with Gasteiger partial charge in [0.1, 0.15) is 10.7 Å². The third-order valence-electron chi connectivity index (χ3n) is 2.49. The molecule has 2 aromatic heterocycles. The van der Waals surface area contributed by atoms with E-state index in [0.717, 1.165) is 23.0 Å². The molecule has 1 N–H and O–H groups in total. The van der Waals surface area contributed by atoms with Crippen molar-refractivity contribution in [1.82, 2.24) is 14.7 Å². The second-order valence-corrected chi connectivity index (χ2v) is 5.54. The van der Waals surface area contributed by atoms with Crippen molar-refractivity contribution in [3.05, 3.63) is 30.1 Å². The van der Waals surface area contributed by atoms with Crippen LogP contribution in [0.5, 0.6) is 0 Å². The van der Waals surface area contributed by atoms with Crippen molar-refractivity contribution < 1.29 is 0 Å². The summed E-state index contributed by atoms with van der Waals surface area (Å²) in [6, 6.07) is 6.13. The first-order valence-electron chi connectivity index (χ1n) is 5.95. The molecule has 0 aliphatic heterocycles. The summed E-state index contributed by atoms with van der Waals surface area (Å²) in [6.07, 6.45) is 2.08. The van der Waals surface area contributed by atoms with Crippen molar-refractivity contribution in [3.63, 3.8) is 0 Å². The molecule has 0 saturated heterocycles. The molecule has 0 aliphatic rings. The molecule has 0 atom stereocenters. The molecule has 0 spiro atoms. The van der Waals surface area contributed by atoms with Crippen LogP contribution in [0.25, 0.3) is 5.65 Å². The van der Waals surface area contributed by atoms with Gasteiger partial charge in [-0.15, -0.1) is 11.8 Å². The number of nitrogens with zero attached hydrogens (tertiary/aromatic N) is 2. The number of imidazole rings is 1. The summed E-state index contributed by atoms with van der Waals surface area (Å²) in [5.74, 6) is 1.80. The number of pyridine rings is 1. The maximum atomic E-state index is 4.69. The van der Waals surface area contributed by atoms with Gasteiger partial charge in [-0.25, -0.2) is 4.98 Å². The van der Waals surface area contributed by atoms with E-state index in [2.05, 4.69) is 40.8 Å². The largest absolute Gasteiger partial charge is 0.314 e. The van der Waals surface area contributed by atoms with E-state index >= 15 is 0 Å². The molecule has 0 unspecified atom stereocenters. The molecule has 0 bridgehead atoms. The number of nitrogens with one attached hydrogen (secondary N) is 1. The van der Waals surface area contributed by atoms with E-state index in [1.807, 2.05) is 30.9 Å². The minimum absolute atomic E-state index is 0.687. The number of aromatic nitrogens is 2. The van der Waals surface area contributed by atoms with Gasteiger partial charge in [-0.1, -0.05) is 19.9 Å². The fraction of sp³-hybridized carbons (Fsp3) is 0.462. The SMILES string of the molecule is CNCc1c(SCC(C)C)nc2ccccn12. The van der Waals surface area contributed by atoms with Crippen molar-refractivity contribution in [2.75, 3.05) is 12.8 Å². The zero-order chi connectivity index (χ0) is 12.3. The normalized spacial score (nSPS) is 11.5. The zero-order valence-electron chi connectivity index (χ0n) is 10.6. The van der Waals surface area contributed by atoms with Crippen LogP contribution in [0.15, 0.2) is 29.4 Å². The van der Waals surface area contributed by atoms with Gasteiger partial charge in [-0.2, -0.15) is 0 Å². The quantitative estimate of drug-likeness (QED) is 0.826. The van der Waals surface area contributed by atoms with Gasteiger partial charge in [0.2, 0.25) is 0 Å². The van der Waals surface area contributed by atoms with Crippen LogP contribution in [0.2, 0.25) is 0 Å². The molecule has 0 fully saturated rings. The summed E-state index contributed by atoms with van der Waals surface area (Å²) in [5, 5.41) is 4.37. The zero-order valence-corrected chi connectivity index (χ0v) is 11.4. The number of thioether (sulfide) groups is 1. The Kier molecular flexibility index (Phi) is 4.07. The van der Waals surface area contributed by atoms with Crippen molar-refractivity contribution in [2.45, 2.75) is 25.4 Å². The van der Waals surface area contributed by atoms with Gasteiger partial charge in [0.05, 0.1) is 5.69 Å². The standard InChI is InChI=1S/C13H19N3S/c1-10(2)9-17-13-11(8-14-3)16-7-5-4-6-12(16)15-13/h4-7,10,14H,8-9H2,1-3H3. The minimum Gasteiger partial charge on any atom is -0.314 e. The lowest BCUT2D eigenvalue weighted by Gasteiger charge is -2.05. The van der Waals surface area contributed by atoms with Gasteiger partial charge in [0.25, 0.3) is 0 Å². The number of hydrogen-bond acceptors (Lipinski definition) is 3. The van der Waals surface area contributed by atoms with Gasteiger partial charge in [-0.05, 0) is 25.1 Å². The van der Waals surface area contributed by atoms with E-state index in [1.54, 1.807) is 0 Å². The summed E-state index contributed by atoms with van der Waals surface area (Å²) in [4.78, 5) is 4.69. The second kappa shape index (κ2) is 5.56. The van der Waals surface area contributed by atoms with E-state index in [9.17, 15) is 0 Å². The summed E-state index contributed by atoms with van der Waals surface area (Å²) in [6.45, 7) is 5.33. The highest BCUT2D eigenvalue weighted by Gasteiger charge is 2.11. The maximum absolute atomic E-state index is 4.69. The highest BCUT2D eigenvalue weighted by atomic mass is 32.2. The predicted molar refractivity (Wildman–Crippen MR) is 73.5 cm³/mol. The molecule has 3 nitrogen and oxygen atoms in total. The Labute approximate surface area is 107 Å². The van der Waals surface area contributed by atoms with Crippen LogP contribution in [0.1, 0.15) is 19.5 Å². The Morgan fingerprint density at radius 1 is 1.41 bits per heavy atom. The van der Waals surface area contributed by atoms with Gasteiger partial charge in [-0.3, -0.25) is 0 Å². The lowest BCUT2D eigenvalue weighted by Crippen LogP contribution is -2.08. The third-order valence-corrected chi connectivity index (χ3v) is 3.92. The summed E-state index contributed by atoms with van der Waals surface area (Å²) in [7, 11) is 1.97. The van der Waals surface area contributed by atoms with E-state index < -0.39 is 0 Å². The molecule has 0 aliphatic carbocycles. The van der Waals surface area contributed by atoms with Gasteiger partial charge in [0, 0.05) is 18.5 Å². The minimum atomic E-state index is 0.687. The predicted octanol–water partition coefficient (Wildman–Crippen LogP) is 2.80. The van der Waals surface area contributed by atoms with Crippen LogP contribution >= 0.6 is 11.8 Å². The van der Waals surface area contributed by atoms with Gasteiger partial charge in [0.15, 0.2) is 0 Å². The molecule has 0 amide bonds. The van der Waals surface area contributed by atoms with E-state index in [-0.39, 0.29) is 0 Å². The second-order valence-electron chi connectivity index (χ2n) is 4.53. The third kappa shape index (κ3) is 2.82. The molecular formula is C13H19N3S. The van der Waals surface area contributed by atoms with Crippen LogP contribution < -0.4 is 5.32 Å². The first kappa shape index (κ1) is 12.5. The molecule has 2 rings (SSSR count). The van der Waals surface area contributed by atoms with Crippen LogP contribution in [0.4, 0.5) is 0 Å². The number of fused-ring (bicyclic) bond motifs is 1. The Morgan fingerprint density at radius 3 is 2.94 bits per heavy atom. The fourth-order valence-corrected chi connectivity index (χ4v) is 2.70. The van der Waals surface area contributed by atoms with E-state index in [1.165, 1.54) is 5.69 Å². The highest BCUT2D eigenvalue weighted by Crippen LogP contribution is 2.25. The van der Waals surface area contributed by atoms with Crippen molar-refractivity contribution in [3.8, 4) is 0 Å². The van der Waals surface area contributed by atoms with Crippen LogP contribution in [-0.2, 0) is 6.54 Å². The van der Waals surface area contributed by atoms with Crippen LogP contribution in [0.3, 0.4) is 0 Å². The van der Waals surface area contributed by atoms with E-state index in [4.69, 9.17) is 0 Å². The molecule has 0 radical (unpaired) electrons. The monoisotopic (exact) mass is 249 g/mol. The summed E-state index contributed by atoms with van der Waals surface area (Å²) < 4.78 is 2.17.